The molecular formula is C10H13N. The van der Waals surface area contributed by atoms with Gasteiger partial charge in [0.1, 0.15) is 0 Å². The molecule has 0 spiro atoms. The van der Waals surface area contributed by atoms with Crippen molar-refractivity contribution in [3.63, 3.8) is 0 Å². The van der Waals surface area contributed by atoms with E-state index in [1.165, 1.54) is 19.4 Å². The summed E-state index contributed by atoms with van der Waals surface area (Å²) >= 11 is 0. The van der Waals surface area contributed by atoms with Crippen molar-refractivity contribution in [3.8, 4) is 0 Å². The highest BCUT2D eigenvalue weighted by Crippen LogP contribution is 2.47. The molecule has 1 aliphatic heterocycles. The number of hydrogen-bond donors (Lipinski definition) is 1. The van der Waals surface area contributed by atoms with Crippen LogP contribution in [0.5, 0.6) is 0 Å². The third kappa shape index (κ3) is 0.875. The summed E-state index contributed by atoms with van der Waals surface area (Å²) < 4.78 is 0. The van der Waals surface area contributed by atoms with Crippen molar-refractivity contribution in [2.24, 2.45) is 11.8 Å². The monoisotopic (exact) mass is 147 g/mol. The summed E-state index contributed by atoms with van der Waals surface area (Å²) in [5, 5.41) is 3.41. The Morgan fingerprint density at radius 2 is 2.00 bits per heavy atom. The minimum atomic E-state index is 0.925. The molecule has 1 N–H and O–H groups in total. The summed E-state index contributed by atoms with van der Waals surface area (Å²) in [5.74, 6) is 1.86. The van der Waals surface area contributed by atoms with Crippen LogP contribution in [0.1, 0.15) is 12.8 Å². The van der Waals surface area contributed by atoms with Crippen molar-refractivity contribution in [3.05, 3.63) is 23.3 Å². The van der Waals surface area contributed by atoms with Gasteiger partial charge in [-0.25, -0.2) is 0 Å². The van der Waals surface area contributed by atoms with Gasteiger partial charge in [-0.15, -0.1) is 0 Å². The number of piperidine rings is 1. The predicted octanol–water partition coefficient (Wildman–Crippen LogP) is 1.48. The van der Waals surface area contributed by atoms with Crippen LogP contribution in [0.3, 0.4) is 0 Å². The van der Waals surface area contributed by atoms with Gasteiger partial charge in [0, 0.05) is 6.54 Å². The second-order valence-corrected chi connectivity index (χ2v) is 3.87. The highest BCUT2D eigenvalue weighted by molar-refractivity contribution is 5.41. The summed E-state index contributed by atoms with van der Waals surface area (Å²) in [6.45, 7) is 2.30. The van der Waals surface area contributed by atoms with Crippen LogP contribution in [-0.4, -0.2) is 13.1 Å². The highest BCUT2D eigenvalue weighted by Gasteiger charge is 2.37. The van der Waals surface area contributed by atoms with Gasteiger partial charge in [-0.2, -0.15) is 0 Å². The third-order valence-electron chi connectivity index (χ3n) is 3.02. The van der Waals surface area contributed by atoms with Crippen LogP contribution in [0, 0.1) is 11.8 Å². The van der Waals surface area contributed by atoms with Gasteiger partial charge in [0.05, 0.1) is 0 Å². The highest BCUT2D eigenvalue weighted by atomic mass is 14.9. The molecule has 0 aromatic carbocycles. The first-order valence-electron chi connectivity index (χ1n) is 4.56. The molecule has 0 bridgehead atoms. The van der Waals surface area contributed by atoms with E-state index in [1.807, 2.05) is 0 Å². The molecule has 0 amide bonds. The van der Waals surface area contributed by atoms with E-state index in [9.17, 15) is 0 Å². The topological polar surface area (TPSA) is 12.0 Å². The first-order chi connectivity index (χ1) is 5.43. The molecule has 1 nitrogen and oxygen atoms in total. The zero-order chi connectivity index (χ0) is 7.26. The number of rotatable bonds is 0. The van der Waals surface area contributed by atoms with Gasteiger partial charge >= 0.3 is 0 Å². The average molecular weight is 147 g/mol. The molecule has 3 rings (SSSR count). The molecule has 0 aromatic rings. The van der Waals surface area contributed by atoms with E-state index in [4.69, 9.17) is 0 Å². The zero-order valence-electron chi connectivity index (χ0n) is 6.64. The Morgan fingerprint density at radius 1 is 1.18 bits per heavy atom. The van der Waals surface area contributed by atoms with Gasteiger partial charge in [0.15, 0.2) is 0 Å². The molecule has 2 aliphatic carbocycles. The largest absolute Gasteiger partial charge is 0.312 e. The second-order valence-electron chi connectivity index (χ2n) is 3.87. The van der Waals surface area contributed by atoms with Gasteiger partial charge in [-0.1, -0.05) is 12.2 Å². The van der Waals surface area contributed by atoms with E-state index < -0.39 is 0 Å². The lowest BCUT2D eigenvalue weighted by molar-refractivity contribution is 0.667. The quantitative estimate of drug-likeness (QED) is 0.547. The lowest BCUT2D eigenvalue weighted by atomic mass is 9.93. The van der Waals surface area contributed by atoms with Crippen LogP contribution in [0.15, 0.2) is 23.3 Å². The minimum absolute atomic E-state index is 0.925. The number of fused-ring (bicyclic) bond motifs is 2. The van der Waals surface area contributed by atoms with Crippen molar-refractivity contribution in [1.82, 2.24) is 5.32 Å². The lowest BCUT2D eigenvalue weighted by Crippen LogP contribution is -2.26. The third-order valence-corrected chi connectivity index (χ3v) is 3.02. The Labute approximate surface area is 67.2 Å². The summed E-state index contributed by atoms with van der Waals surface area (Å²) in [6.07, 6.45) is 7.69. The zero-order valence-corrected chi connectivity index (χ0v) is 6.64. The van der Waals surface area contributed by atoms with Crippen molar-refractivity contribution < 1.29 is 0 Å². The summed E-state index contributed by atoms with van der Waals surface area (Å²) in [6, 6.07) is 0. The fourth-order valence-corrected chi connectivity index (χ4v) is 2.21. The van der Waals surface area contributed by atoms with Crippen molar-refractivity contribution in [2.75, 3.05) is 13.1 Å². The molecule has 2 fully saturated rings. The number of allylic oxidation sites excluding steroid dienone is 2. The SMILES string of the molecule is C1=C2CCNCC2=CC2CC12. The molecule has 11 heavy (non-hydrogen) atoms. The fourth-order valence-electron chi connectivity index (χ4n) is 2.21. The molecule has 2 atom stereocenters. The first-order valence-corrected chi connectivity index (χ1v) is 4.56. The Hall–Kier alpha value is -0.560. The molecule has 3 aliphatic rings. The standard InChI is InChI=1S/C10H13N/c1-2-11-6-10-5-9-4-8(9)3-7(1)10/h3,5,8-9,11H,1-2,4,6H2. The molecule has 0 aromatic heterocycles. The minimum Gasteiger partial charge on any atom is -0.312 e. The van der Waals surface area contributed by atoms with E-state index in [2.05, 4.69) is 17.5 Å². The molecule has 2 unspecified atom stereocenters. The first kappa shape index (κ1) is 6.01. The second kappa shape index (κ2) is 1.98. The van der Waals surface area contributed by atoms with Crippen LogP contribution in [0.4, 0.5) is 0 Å². The summed E-state index contributed by atoms with van der Waals surface area (Å²) in [4.78, 5) is 0. The van der Waals surface area contributed by atoms with Gasteiger partial charge in [-0.05, 0) is 42.4 Å². The van der Waals surface area contributed by atoms with E-state index in [0.29, 0.717) is 0 Å². The molecule has 1 heterocycles. The number of hydrogen-bond acceptors (Lipinski definition) is 1. The summed E-state index contributed by atoms with van der Waals surface area (Å²) in [5.41, 5.74) is 3.23. The molecule has 1 heteroatoms. The maximum Gasteiger partial charge on any atom is 0.0205 e. The maximum absolute atomic E-state index is 3.41. The molecule has 1 saturated carbocycles. The summed E-state index contributed by atoms with van der Waals surface area (Å²) in [7, 11) is 0. The fraction of sp³-hybridized carbons (Fsp3) is 0.600. The lowest BCUT2D eigenvalue weighted by Gasteiger charge is -2.21. The van der Waals surface area contributed by atoms with E-state index in [0.717, 1.165) is 18.4 Å². The Kier molecular flexibility index (Phi) is 1.08. The normalized spacial score (nSPS) is 40.0. The Bertz CT molecular complexity index is 224. The van der Waals surface area contributed by atoms with Crippen LogP contribution < -0.4 is 5.32 Å². The van der Waals surface area contributed by atoms with E-state index in [-0.39, 0.29) is 0 Å². The van der Waals surface area contributed by atoms with E-state index in [1.54, 1.807) is 11.1 Å². The number of nitrogens with one attached hydrogen (secondary N) is 1. The molecular weight excluding hydrogens is 134 g/mol. The van der Waals surface area contributed by atoms with Crippen LogP contribution >= 0.6 is 0 Å². The predicted molar refractivity (Wildman–Crippen MR) is 45.2 cm³/mol. The average Bonchev–Trinajstić information content (AvgIpc) is 2.77. The van der Waals surface area contributed by atoms with Crippen molar-refractivity contribution in [1.29, 1.82) is 0 Å². The van der Waals surface area contributed by atoms with Gasteiger partial charge < -0.3 is 5.32 Å². The van der Waals surface area contributed by atoms with Crippen LogP contribution in [0.25, 0.3) is 0 Å². The van der Waals surface area contributed by atoms with Crippen LogP contribution in [0.2, 0.25) is 0 Å². The van der Waals surface area contributed by atoms with Crippen molar-refractivity contribution in [2.45, 2.75) is 12.8 Å². The molecule has 0 radical (unpaired) electrons. The smallest absolute Gasteiger partial charge is 0.0205 e. The Morgan fingerprint density at radius 3 is 2.91 bits per heavy atom. The van der Waals surface area contributed by atoms with Gasteiger partial charge in [0.2, 0.25) is 0 Å². The van der Waals surface area contributed by atoms with Gasteiger partial charge in [0.25, 0.3) is 0 Å². The van der Waals surface area contributed by atoms with Crippen LogP contribution in [-0.2, 0) is 0 Å². The molecule has 1 saturated heterocycles. The Balaban J connectivity index is 1.96. The van der Waals surface area contributed by atoms with E-state index >= 15 is 0 Å². The maximum atomic E-state index is 3.41. The van der Waals surface area contributed by atoms with Gasteiger partial charge in [-0.3, -0.25) is 0 Å². The van der Waals surface area contributed by atoms with Crippen molar-refractivity contribution >= 4 is 0 Å². The molecule has 58 valence electrons.